The maximum Gasteiger partial charge on any atom is 0.331 e. The zero-order valence-corrected chi connectivity index (χ0v) is 16.2. The summed E-state index contributed by atoms with van der Waals surface area (Å²) in [7, 11) is 1.37. The Morgan fingerprint density at radius 1 is 1.18 bits per heavy atom. The minimum Gasteiger partial charge on any atom is -0.494 e. The Hall–Kier alpha value is -3.15. The Kier molecular flexibility index (Phi) is 7.75. The fourth-order valence-electron chi connectivity index (χ4n) is 2.59. The van der Waals surface area contributed by atoms with Gasteiger partial charge in [-0.25, -0.2) is 9.18 Å². The first kappa shape index (κ1) is 21.2. The predicted molar refractivity (Wildman–Crippen MR) is 105 cm³/mol. The Labute approximate surface area is 164 Å². The maximum absolute atomic E-state index is 13.6. The Morgan fingerprint density at radius 2 is 1.89 bits per heavy atom. The molecule has 148 valence electrons. The van der Waals surface area contributed by atoms with Crippen molar-refractivity contribution < 1.29 is 23.5 Å². The zero-order chi connectivity index (χ0) is 20.5. The summed E-state index contributed by atoms with van der Waals surface area (Å²) in [6, 6.07) is 12.1. The van der Waals surface area contributed by atoms with Crippen molar-refractivity contribution in [3.63, 3.8) is 0 Å². The largest absolute Gasteiger partial charge is 0.494 e. The molecule has 0 radical (unpaired) electrons. The van der Waals surface area contributed by atoms with Crippen LogP contribution in [0.1, 0.15) is 36.1 Å². The summed E-state index contributed by atoms with van der Waals surface area (Å²) in [5.41, 5.74) is 2.61. The van der Waals surface area contributed by atoms with Crippen molar-refractivity contribution in [2.75, 3.05) is 13.7 Å². The molecule has 0 saturated carbocycles. The number of halogens is 1. The summed E-state index contributed by atoms with van der Waals surface area (Å²) in [4.78, 5) is 23.9. The van der Waals surface area contributed by atoms with Gasteiger partial charge in [0, 0.05) is 6.08 Å². The number of nitrogens with one attached hydrogen (secondary N) is 1. The second-order valence-electron chi connectivity index (χ2n) is 6.27. The number of carbonyl (C=O) groups excluding carboxylic acids is 2. The van der Waals surface area contributed by atoms with Gasteiger partial charge in [-0.15, -0.1) is 0 Å². The minimum absolute atomic E-state index is 0.121. The van der Waals surface area contributed by atoms with E-state index in [2.05, 4.69) is 5.32 Å². The minimum atomic E-state index is -0.685. The molecule has 2 rings (SSSR count). The highest BCUT2D eigenvalue weighted by molar-refractivity contribution is 5.89. The number of methoxy groups -OCH3 is 1. The number of hydrogen-bond acceptors (Lipinski definition) is 4. The molecule has 1 N–H and O–H groups in total. The summed E-state index contributed by atoms with van der Waals surface area (Å²) < 4.78 is 23.4. The third-order valence-corrected chi connectivity index (χ3v) is 4.16. The highest BCUT2D eigenvalue weighted by Crippen LogP contribution is 2.19. The van der Waals surface area contributed by atoms with Crippen molar-refractivity contribution in [1.82, 2.24) is 5.32 Å². The van der Waals surface area contributed by atoms with E-state index in [1.807, 2.05) is 38.1 Å². The van der Waals surface area contributed by atoms with E-state index in [1.165, 1.54) is 25.3 Å². The molecular weight excluding hydrogens is 361 g/mol. The molecule has 1 amide bonds. The quantitative estimate of drug-likeness (QED) is 0.552. The first-order valence-corrected chi connectivity index (χ1v) is 8.97. The topological polar surface area (TPSA) is 64.6 Å². The Morgan fingerprint density at radius 3 is 2.50 bits per heavy atom. The number of hydrogen-bond donors (Lipinski definition) is 1. The molecule has 0 aliphatic rings. The Bertz CT molecular complexity index is 846. The van der Waals surface area contributed by atoms with Crippen molar-refractivity contribution >= 4 is 18.0 Å². The highest BCUT2D eigenvalue weighted by Gasteiger charge is 2.13. The molecule has 0 aliphatic heterocycles. The molecule has 1 atom stereocenters. The van der Waals surface area contributed by atoms with Gasteiger partial charge in [0.15, 0.2) is 18.2 Å². The molecule has 0 bridgehead atoms. The first-order valence-electron chi connectivity index (χ1n) is 8.97. The second kappa shape index (κ2) is 10.3. The first-order chi connectivity index (χ1) is 13.4. The lowest BCUT2D eigenvalue weighted by molar-refractivity contribution is -0.144. The predicted octanol–water partition coefficient (Wildman–Crippen LogP) is 3.97. The molecule has 28 heavy (non-hydrogen) atoms. The molecule has 5 nitrogen and oxygen atoms in total. The van der Waals surface area contributed by atoms with Crippen molar-refractivity contribution in [2.45, 2.75) is 26.3 Å². The summed E-state index contributed by atoms with van der Waals surface area (Å²) in [6.45, 7) is 3.58. The maximum atomic E-state index is 13.6. The number of benzene rings is 2. The van der Waals surface area contributed by atoms with Gasteiger partial charge in [-0.3, -0.25) is 4.79 Å². The number of amides is 1. The molecule has 0 aliphatic carbocycles. The van der Waals surface area contributed by atoms with Crippen molar-refractivity contribution in [3.8, 4) is 5.75 Å². The van der Waals surface area contributed by atoms with Gasteiger partial charge in [0.25, 0.3) is 5.91 Å². The van der Waals surface area contributed by atoms with Crippen LogP contribution in [-0.4, -0.2) is 25.6 Å². The number of ether oxygens (including phenoxy) is 2. The van der Waals surface area contributed by atoms with Gasteiger partial charge in [-0.1, -0.05) is 42.8 Å². The van der Waals surface area contributed by atoms with Crippen LogP contribution in [0.5, 0.6) is 5.75 Å². The highest BCUT2D eigenvalue weighted by atomic mass is 19.1. The van der Waals surface area contributed by atoms with Gasteiger partial charge in [0.05, 0.1) is 13.2 Å². The van der Waals surface area contributed by atoms with E-state index < -0.39 is 11.8 Å². The molecule has 2 aromatic rings. The van der Waals surface area contributed by atoms with Crippen molar-refractivity contribution in [3.05, 3.63) is 71.0 Å². The molecule has 0 fully saturated rings. The van der Waals surface area contributed by atoms with E-state index in [0.717, 1.165) is 17.2 Å². The molecule has 0 spiro atoms. The number of rotatable bonds is 8. The van der Waals surface area contributed by atoms with E-state index >= 15 is 0 Å². The normalized spacial score (nSPS) is 11.9. The molecule has 6 heteroatoms. The van der Waals surface area contributed by atoms with Crippen LogP contribution in [0.25, 0.3) is 6.08 Å². The second-order valence-corrected chi connectivity index (χ2v) is 6.27. The van der Waals surface area contributed by atoms with Gasteiger partial charge < -0.3 is 14.8 Å². The summed E-state index contributed by atoms with van der Waals surface area (Å²) in [6.07, 6.45) is 3.27. The van der Waals surface area contributed by atoms with E-state index in [1.54, 1.807) is 6.07 Å². The smallest absolute Gasteiger partial charge is 0.331 e. The van der Waals surface area contributed by atoms with Crippen LogP contribution in [0.15, 0.2) is 48.5 Å². The summed E-state index contributed by atoms with van der Waals surface area (Å²) in [5, 5.41) is 2.85. The molecule has 0 unspecified atom stereocenters. The van der Waals surface area contributed by atoms with Crippen LogP contribution in [0, 0.1) is 12.7 Å². The fourth-order valence-corrected chi connectivity index (χ4v) is 2.59. The average molecular weight is 385 g/mol. The van der Waals surface area contributed by atoms with E-state index in [4.69, 9.17) is 9.47 Å². The molecular formula is C22H24FNO4. The van der Waals surface area contributed by atoms with Gasteiger partial charge in [-0.05, 0) is 42.7 Å². The number of esters is 1. The van der Waals surface area contributed by atoms with Crippen LogP contribution in [0.4, 0.5) is 4.39 Å². The Balaban J connectivity index is 1.85. The summed E-state index contributed by atoms with van der Waals surface area (Å²) >= 11 is 0. The molecule has 0 aromatic heterocycles. The monoisotopic (exact) mass is 385 g/mol. The van der Waals surface area contributed by atoms with Gasteiger partial charge in [-0.2, -0.15) is 0 Å². The van der Waals surface area contributed by atoms with E-state index in [0.29, 0.717) is 12.0 Å². The van der Waals surface area contributed by atoms with Crippen molar-refractivity contribution in [1.29, 1.82) is 0 Å². The van der Waals surface area contributed by atoms with Gasteiger partial charge >= 0.3 is 5.97 Å². The van der Waals surface area contributed by atoms with E-state index in [-0.39, 0.29) is 24.3 Å². The van der Waals surface area contributed by atoms with Crippen LogP contribution in [0.3, 0.4) is 0 Å². The van der Waals surface area contributed by atoms with Gasteiger partial charge in [0.2, 0.25) is 0 Å². The summed E-state index contributed by atoms with van der Waals surface area (Å²) in [5.74, 6) is -1.48. The van der Waals surface area contributed by atoms with Crippen molar-refractivity contribution in [2.24, 2.45) is 0 Å². The third kappa shape index (κ3) is 6.23. The van der Waals surface area contributed by atoms with Gasteiger partial charge in [0.1, 0.15) is 0 Å². The van der Waals surface area contributed by atoms with Crippen LogP contribution in [-0.2, 0) is 14.3 Å². The SMILES string of the molecule is CC[C@@H](NC(=O)COC(=O)/C=C/c1ccc(OC)c(F)c1)c1ccc(C)cc1. The molecule has 0 saturated heterocycles. The fraction of sp³-hybridized carbons (Fsp3) is 0.273. The zero-order valence-electron chi connectivity index (χ0n) is 16.2. The average Bonchev–Trinajstić information content (AvgIpc) is 2.69. The molecule has 0 heterocycles. The van der Waals surface area contributed by atoms with E-state index in [9.17, 15) is 14.0 Å². The lowest BCUT2D eigenvalue weighted by atomic mass is 10.0. The van der Waals surface area contributed by atoms with Crippen LogP contribution < -0.4 is 10.1 Å². The number of carbonyl (C=O) groups is 2. The molecule has 2 aromatic carbocycles. The van der Waals surface area contributed by atoms with Crippen LogP contribution >= 0.6 is 0 Å². The lowest BCUT2D eigenvalue weighted by Crippen LogP contribution is -2.32. The lowest BCUT2D eigenvalue weighted by Gasteiger charge is -2.17. The number of aryl methyl sites for hydroxylation is 1. The van der Waals surface area contributed by atoms with Crippen LogP contribution in [0.2, 0.25) is 0 Å². The standard InChI is InChI=1S/C22H24FNO4/c1-4-19(17-9-5-15(2)6-10-17)24-21(25)14-28-22(26)12-8-16-7-11-20(27-3)18(23)13-16/h5-13,19H,4,14H2,1-3H3,(H,24,25)/b12-8+/t19-/m1/s1. The third-order valence-electron chi connectivity index (χ3n) is 4.16.